The topological polar surface area (TPSA) is 83.6 Å². The van der Waals surface area contributed by atoms with E-state index in [1.807, 2.05) is 6.92 Å². The highest BCUT2D eigenvalue weighted by molar-refractivity contribution is 8.00. The molecule has 0 saturated carbocycles. The highest BCUT2D eigenvalue weighted by Gasteiger charge is 2.27. The molecule has 1 aliphatic heterocycles. The molecule has 1 amide bonds. The number of thioether (sulfide) groups is 1. The standard InChI is InChI=1S/C19H20N2O4S2/c1-12-11-21(14(3)23)18-9-8-17(10-19(18)26-12)27(24,25)20-16-6-4-15(5-7-16)13(2)22/h4-10,12,20H,11H2,1-3H3. The number of carbonyl (C=O) groups is 2. The summed E-state index contributed by atoms with van der Waals surface area (Å²) in [4.78, 5) is 25.8. The first kappa shape index (κ1) is 19.4. The molecule has 0 radical (unpaired) electrons. The summed E-state index contributed by atoms with van der Waals surface area (Å²) in [6.07, 6.45) is 0. The van der Waals surface area contributed by atoms with Crippen molar-refractivity contribution in [3.05, 3.63) is 48.0 Å². The molecule has 2 aromatic rings. The number of nitrogens with one attached hydrogen (secondary N) is 1. The van der Waals surface area contributed by atoms with E-state index in [0.717, 1.165) is 10.6 Å². The molecule has 1 unspecified atom stereocenters. The molecule has 1 atom stereocenters. The van der Waals surface area contributed by atoms with Crippen LogP contribution in [0.4, 0.5) is 11.4 Å². The first-order valence-electron chi connectivity index (χ1n) is 8.40. The summed E-state index contributed by atoms with van der Waals surface area (Å²) in [7, 11) is -3.79. The van der Waals surface area contributed by atoms with E-state index in [1.165, 1.54) is 19.9 Å². The maximum atomic E-state index is 12.7. The Bertz CT molecular complexity index is 1000. The molecule has 0 aromatic heterocycles. The number of benzene rings is 2. The largest absolute Gasteiger partial charge is 0.310 e. The van der Waals surface area contributed by atoms with Gasteiger partial charge in [-0.25, -0.2) is 8.42 Å². The summed E-state index contributed by atoms with van der Waals surface area (Å²) in [5.74, 6) is -0.150. The lowest BCUT2D eigenvalue weighted by atomic mass is 10.1. The van der Waals surface area contributed by atoms with E-state index < -0.39 is 10.0 Å². The van der Waals surface area contributed by atoms with Gasteiger partial charge in [-0.2, -0.15) is 0 Å². The van der Waals surface area contributed by atoms with Gasteiger partial charge in [0.25, 0.3) is 10.0 Å². The fourth-order valence-corrected chi connectivity index (χ4v) is 5.18. The summed E-state index contributed by atoms with van der Waals surface area (Å²) in [5, 5.41) is 0.173. The molecule has 1 aliphatic rings. The van der Waals surface area contributed by atoms with Crippen molar-refractivity contribution < 1.29 is 18.0 Å². The van der Waals surface area contributed by atoms with Crippen molar-refractivity contribution in [3.63, 3.8) is 0 Å². The van der Waals surface area contributed by atoms with E-state index >= 15 is 0 Å². The first-order valence-corrected chi connectivity index (χ1v) is 10.8. The number of nitrogens with zero attached hydrogens (tertiary/aromatic N) is 1. The third-order valence-corrected chi connectivity index (χ3v) is 6.74. The molecule has 0 aliphatic carbocycles. The number of fused-ring (bicyclic) bond motifs is 1. The number of rotatable bonds is 4. The van der Waals surface area contributed by atoms with Crippen LogP contribution >= 0.6 is 11.8 Å². The number of sulfonamides is 1. The van der Waals surface area contributed by atoms with Gasteiger partial charge < -0.3 is 4.90 Å². The number of Topliss-reactive ketones (excluding diaryl/α,β-unsaturated/α-hetero) is 1. The Morgan fingerprint density at radius 3 is 2.37 bits per heavy atom. The van der Waals surface area contributed by atoms with Crippen LogP contribution in [0, 0.1) is 0 Å². The predicted molar refractivity (Wildman–Crippen MR) is 107 cm³/mol. The van der Waals surface area contributed by atoms with Crippen molar-refractivity contribution in [1.82, 2.24) is 0 Å². The molecule has 0 fully saturated rings. The molecule has 142 valence electrons. The van der Waals surface area contributed by atoms with Crippen LogP contribution in [0.25, 0.3) is 0 Å². The lowest BCUT2D eigenvalue weighted by Crippen LogP contribution is -2.37. The average Bonchev–Trinajstić information content (AvgIpc) is 2.60. The van der Waals surface area contributed by atoms with E-state index in [-0.39, 0.29) is 21.8 Å². The fourth-order valence-electron chi connectivity index (χ4n) is 2.87. The fraction of sp³-hybridized carbons (Fsp3) is 0.263. The number of hydrogen-bond donors (Lipinski definition) is 1. The van der Waals surface area contributed by atoms with E-state index in [9.17, 15) is 18.0 Å². The molecule has 1 N–H and O–H groups in total. The number of amides is 1. The Balaban J connectivity index is 1.90. The lowest BCUT2D eigenvalue weighted by molar-refractivity contribution is -0.116. The van der Waals surface area contributed by atoms with Crippen LogP contribution in [0.15, 0.2) is 52.3 Å². The molecule has 0 bridgehead atoms. The Labute approximate surface area is 163 Å². The zero-order valence-corrected chi connectivity index (χ0v) is 16.9. The highest BCUT2D eigenvalue weighted by Crippen LogP contribution is 2.39. The van der Waals surface area contributed by atoms with Gasteiger partial charge in [-0.05, 0) is 49.4 Å². The van der Waals surface area contributed by atoms with Crippen LogP contribution in [-0.4, -0.2) is 31.9 Å². The minimum Gasteiger partial charge on any atom is -0.310 e. The van der Waals surface area contributed by atoms with Crippen LogP contribution < -0.4 is 9.62 Å². The van der Waals surface area contributed by atoms with Gasteiger partial charge in [-0.3, -0.25) is 14.3 Å². The molecular weight excluding hydrogens is 384 g/mol. The van der Waals surface area contributed by atoms with Crippen LogP contribution in [0.5, 0.6) is 0 Å². The zero-order chi connectivity index (χ0) is 19.8. The van der Waals surface area contributed by atoms with E-state index in [2.05, 4.69) is 4.72 Å². The smallest absolute Gasteiger partial charge is 0.261 e. The number of anilines is 2. The Morgan fingerprint density at radius 1 is 1.11 bits per heavy atom. The van der Waals surface area contributed by atoms with Gasteiger partial charge in [-0.15, -0.1) is 11.8 Å². The molecule has 0 spiro atoms. The molecule has 6 nitrogen and oxygen atoms in total. The first-order chi connectivity index (χ1) is 12.7. The van der Waals surface area contributed by atoms with Crippen LogP contribution in [0.3, 0.4) is 0 Å². The molecule has 3 rings (SSSR count). The summed E-state index contributed by atoms with van der Waals surface area (Å²) in [5.41, 5.74) is 1.63. The average molecular weight is 405 g/mol. The van der Waals surface area contributed by atoms with E-state index in [1.54, 1.807) is 53.1 Å². The Hall–Kier alpha value is -2.32. The molecule has 2 aromatic carbocycles. The van der Waals surface area contributed by atoms with Gasteiger partial charge in [0.15, 0.2) is 5.78 Å². The molecule has 27 heavy (non-hydrogen) atoms. The Kier molecular flexibility index (Phi) is 5.30. The predicted octanol–water partition coefficient (Wildman–Crippen LogP) is 3.54. The third kappa shape index (κ3) is 4.17. The second-order valence-corrected chi connectivity index (χ2v) is 9.59. The summed E-state index contributed by atoms with van der Waals surface area (Å²) >= 11 is 1.55. The monoisotopic (exact) mass is 404 g/mol. The van der Waals surface area contributed by atoms with Crippen molar-refractivity contribution in [1.29, 1.82) is 0 Å². The van der Waals surface area contributed by atoms with Gasteiger partial charge in [-0.1, -0.05) is 6.92 Å². The van der Waals surface area contributed by atoms with Crippen LogP contribution in [0.1, 0.15) is 31.1 Å². The Morgan fingerprint density at radius 2 is 1.78 bits per heavy atom. The maximum Gasteiger partial charge on any atom is 0.261 e. The quantitative estimate of drug-likeness (QED) is 0.788. The molecule has 0 saturated heterocycles. The van der Waals surface area contributed by atoms with Crippen molar-refractivity contribution in [2.45, 2.75) is 35.8 Å². The summed E-state index contributed by atoms with van der Waals surface area (Å²) in [6, 6.07) is 11.0. The number of hydrogen-bond acceptors (Lipinski definition) is 5. The van der Waals surface area contributed by atoms with Crippen LogP contribution in [-0.2, 0) is 14.8 Å². The molecule has 8 heteroatoms. The summed E-state index contributed by atoms with van der Waals surface area (Å²) in [6.45, 7) is 5.55. The van der Waals surface area contributed by atoms with Gasteiger partial charge in [0, 0.05) is 34.9 Å². The van der Waals surface area contributed by atoms with Gasteiger partial charge in [0.05, 0.1) is 10.6 Å². The van der Waals surface area contributed by atoms with Crippen molar-refractivity contribution in [3.8, 4) is 0 Å². The van der Waals surface area contributed by atoms with Gasteiger partial charge >= 0.3 is 0 Å². The lowest BCUT2D eigenvalue weighted by Gasteiger charge is -2.32. The number of carbonyl (C=O) groups excluding carboxylic acids is 2. The van der Waals surface area contributed by atoms with Crippen molar-refractivity contribution >= 4 is 44.9 Å². The zero-order valence-electron chi connectivity index (χ0n) is 15.2. The highest BCUT2D eigenvalue weighted by atomic mass is 32.2. The second-order valence-electron chi connectivity index (χ2n) is 6.43. The summed E-state index contributed by atoms with van der Waals surface area (Å²) < 4.78 is 28.0. The minimum atomic E-state index is -3.79. The third-order valence-electron chi connectivity index (χ3n) is 4.22. The van der Waals surface area contributed by atoms with Crippen LogP contribution in [0.2, 0.25) is 0 Å². The van der Waals surface area contributed by atoms with Crippen molar-refractivity contribution in [2.24, 2.45) is 0 Å². The normalized spacial score (nSPS) is 16.6. The maximum absolute atomic E-state index is 12.7. The van der Waals surface area contributed by atoms with Gasteiger partial charge in [0.1, 0.15) is 0 Å². The SMILES string of the molecule is CC(=O)c1ccc(NS(=O)(=O)c2ccc3c(c2)SC(C)CN3C(C)=O)cc1. The van der Waals surface area contributed by atoms with Crippen molar-refractivity contribution in [2.75, 3.05) is 16.2 Å². The van der Waals surface area contributed by atoms with E-state index in [4.69, 9.17) is 0 Å². The number of ketones is 1. The molecular formula is C19H20N2O4S2. The second kappa shape index (κ2) is 7.36. The van der Waals surface area contributed by atoms with Gasteiger partial charge in [0.2, 0.25) is 5.91 Å². The van der Waals surface area contributed by atoms with E-state index in [0.29, 0.717) is 17.8 Å². The molecule has 1 heterocycles. The minimum absolute atomic E-state index is 0.0670.